The molecule has 0 aliphatic carbocycles. The van der Waals surface area contributed by atoms with Gasteiger partial charge in [0.05, 0.1) is 0 Å². The maximum absolute atomic E-state index is 12.4. The van der Waals surface area contributed by atoms with Crippen molar-refractivity contribution in [3.8, 4) is 5.75 Å². The van der Waals surface area contributed by atoms with E-state index in [4.69, 9.17) is 0 Å². The predicted octanol–water partition coefficient (Wildman–Crippen LogP) is 7.10. The Balaban J connectivity index is 1.50. The standard InChI is InChI=1S/C24H19F3N4OS2/c25-24(26,27)32-20-13-11-19(12-14-20)28-21-29-22(33-15-17-7-3-1-4-8-17)31-23(30-21)34-16-18-9-5-2-6-10-18/h1-14H,15-16H2,(H,28,29,30,31). The first-order chi connectivity index (χ1) is 16.4. The van der Waals surface area contributed by atoms with Gasteiger partial charge in [0.2, 0.25) is 5.95 Å². The van der Waals surface area contributed by atoms with Crippen LogP contribution in [0.25, 0.3) is 0 Å². The number of nitrogens with one attached hydrogen (secondary N) is 1. The average molecular weight is 501 g/mol. The number of halogens is 3. The highest BCUT2D eigenvalue weighted by atomic mass is 32.2. The quantitative estimate of drug-likeness (QED) is 0.246. The van der Waals surface area contributed by atoms with Crippen LogP contribution in [-0.4, -0.2) is 21.3 Å². The molecule has 4 aromatic rings. The molecule has 3 aromatic carbocycles. The molecule has 4 rings (SSSR count). The molecule has 5 nitrogen and oxygen atoms in total. The van der Waals surface area contributed by atoms with Gasteiger partial charge in [-0.15, -0.1) is 13.2 Å². The molecule has 0 bridgehead atoms. The zero-order chi connectivity index (χ0) is 23.8. The number of alkyl halides is 3. The second-order valence-corrected chi connectivity index (χ2v) is 8.85. The second-order valence-electron chi connectivity index (χ2n) is 6.97. The molecule has 0 aliphatic rings. The van der Waals surface area contributed by atoms with Gasteiger partial charge in [0.15, 0.2) is 10.3 Å². The molecule has 0 saturated carbocycles. The lowest BCUT2D eigenvalue weighted by Crippen LogP contribution is -2.17. The number of thioether (sulfide) groups is 2. The Morgan fingerprint density at radius 2 is 1.18 bits per heavy atom. The topological polar surface area (TPSA) is 59.9 Å². The van der Waals surface area contributed by atoms with Gasteiger partial charge in [-0.25, -0.2) is 0 Å². The fourth-order valence-electron chi connectivity index (χ4n) is 2.84. The van der Waals surface area contributed by atoms with Crippen LogP contribution in [0.4, 0.5) is 24.8 Å². The zero-order valence-corrected chi connectivity index (χ0v) is 19.3. The predicted molar refractivity (Wildman–Crippen MR) is 128 cm³/mol. The van der Waals surface area contributed by atoms with E-state index in [9.17, 15) is 13.2 Å². The highest BCUT2D eigenvalue weighted by molar-refractivity contribution is 7.99. The van der Waals surface area contributed by atoms with Gasteiger partial charge >= 0.3 is 6.36 Å². The summed E-state index contributed by atoms with van der Waals surface area (Å²) in [6.45, 7) is 0. The molecule has 0 radical (unpaired) electrons. The van der Waals surface area contributed by atoms with Crippen molar-refractivity contribution < 1.29 is 17.9 Å². The lowest BCUT2D eigenvalue weighted by atomic mass is 10.2. The summed E-state index contributed by atoms with van der Waals surface area (Å²) in [5.74, 6) is 1.39. The molecule has 1 N–H and O–H groups in total. The number of hydrogen-bond donors (Lipinski definition) is 1. The van der Waals surface area contributed by atoms with E-state index in [0.717, 1.165) is 11.1 Å². The molecule has 10 heteroatoms. The van der Waals surface area contributed by atoms with Gasteiger partial charge in [0.1, 0.15) is 5.75 Å². The van der Waals surface area contributed by atoms with Crippen molar-refractivity contribution in [1.82, 2.24) is 15.0 Å². The Kier molecular flexibility index (Phi) is 7.91. The Labute approximate surface area is 203 Å². The number of ether oxygens (including phenoxy) is 1. The number of benzene rings is 3. The SMILES string of the molecule is FC(F)(F)Oc1ccc(Nc2nc(SCc3ccccc3)nc(SCc3ccccc3)n2)cc1. The minimum atomic E-state index is -4.74. The summed E-state index contributed by atoms with van der Waals surface area (Å²) < 4.78 is 41.1. The first kappa shape index (κ1) is 23.9. The van der Waals surface area contributed by atoms with E-state index in [0.29, 0.717) is 33.5 Å². The Morgan fingerprint density at radius 1 is 0.676 bits per heavy atom. The maximum Gasteiger partial charge on any atom is 0.573 e. The number of hydrogen-bond acceptors (Lipinski definition) is 7. The van der Waals surface area contributed by atoms with E-state index < -0.39 is 6.36 Å². The normalized spacial score (nSPS) is 11.3. The number of anilines is 2. The summed E-state index contributed by atoms with van der Waals surface area (Å²) in [6, 6.07) is 25.3. The Bertz CT molecular complexity index is 1130. The molecular weight excluding hydrogens is 481 g/mol. The minimum absolute atomic E-state index is 0.299. The smallest absolute Gasteiger partial charge is 0.406 e. The molecule has 0 amide bonds. The Morgan fingerprint density at radius 3 is 1.65 bits per heavy atom. The van der Waals surface area contributed by atoms with Crippen molar-refractivity contribution in [2.45, 2.75) is 28.2 Å². The van der Waals surface area contributed by atoms with Crippen molar-refractivity contribution in [3.05, 3.63) is 96.1 Å². The van der Waals surface area contributed by atoms with Gasteiger partial charge in [-0.2, -0.15) is 15.0 Å². The van der Waals surface area contributed by atoms with Crippen LogP contribution in [0.5, 0.6) is 5.75 Å². The van der Waals surface area contributed by atoms with Crippen LogP contribution in [0.1, 0.15) is 11.1 Å². The van der Waals surface area contributed by atoms with Crippen molar-refractivity contribution >= 4 is 35.2 Å². The monoisotopic (exact) mass is 500 g/mol. The summed E-state index contributed by atoms with van der Waals surface area (Å²) in [6.07, 6.45) is -4.74. The van der Waals surface area contributed by atoms with Gasteiger partial charge in [0, 0.05) is 17.2 Å². The van der Waals surface area contributed by atoms with E-state index in [2.05, 4.69) is 25.0 Å². The van der Waals surface area contributed by atoms with Crippen molar-refractivity contribution in [2.75, 3.05) is 5.32 Å². The molecule has 174 valence electrons. The van der Waals surface area contributed by atoms with Crippen molar-refractivity contribution in [1.29, 1.82) is 0 Å². The maximum atomic E-state index is 12.4. The van der Waals surface area contributed by atoms with Crippen LogP contribution < -0.4 is 10.1 Å². The van der Waals surface area contributed by atoms with Crippen LogP contribution in [0, 0.1) is 0 Å². The molecule has 0 aliphatic heterocycles. The molecular formula is C24H19F3N4OS2. The fourth-order valence-corrected chi connectivity index (χ4v) is 4.47. The summed E-state index contributed by atoms with van der Waals surface area (Å²) in [5.41, 5.74) is 2.81. The number of nitrogens with zero attached hydrogens (tertiary/aromatic N) is 3. The third-order valence-electron chi connectivity index (χ3n) is 4.36. The van der Waals surface area contributed by atoms with Crippen molar-refractivity contribution in [3.63, 3.8) is 0 Å². The summed E-state index contributed by atoms with van der Waals surface area (Å²) in [7, 11) is 0. The van der Waals surface area contributed by atoms with Crippen molar-refractivity contribution in [2.24, 2.45) is 0 Å². The van der Waals surface area contributed by atoms with E-state index in [1.807, 2.05) is 60.7 Å². The van der Waals surface area contributed by atoms with Crippen LogP contribution in [0.2, 0.25) is 0 Å². The molecule has 0 fully saturated rings. The van der Waals surface area contributed by atoms with Gasteiger partial charge in [-0.1, -0.05) is 84.2 Å². The number of aromatic nitrogens is 3. The molecule has 0 atom stereocenters. The molecule has 0 spiro atoms. The highest BCUT2D eigenvalue weighted by Gasteiger charge is 2.30. The third-order valence-corrected chi connectivity index (χ3v) is 6.20. The molecule has 1 heterocycles. The Hall–Kier alpha value is -3.24. The van der Waals surface area contributed by atoms with Crippen LogP contribution in [-0.2, 0) is 11.5 Å². The van der Waals surface area contributed by atoms with E-state index in [-0.39, 0.29) is 5.75 Å². The highest BCUT2D eigenvalue weighted by Crippen LogP contribution is 2.28. The van der Waals surface area contributed by atoms with E-state index in [1.165, 1.54) is 47.8 Å². The van der Waals surface area contributed by atoms with Crippen LogP contribution >= 0.6 is 23.5 Å². The number of rotatable bonds is 9. The summed E-state index contributed by atoms with van der Waals surface area (Å²) >= 11 is 2.96. The summed E-state index contributed by atoms with van der Waals surface area (Å²) in [5, 5.41) is 4.15. The first-order valence-corrected chi connectivity index (χ1v) is 12.1. The molecule has 0 unspecified atom stereocenters. The molecule has 1 aromatic heterocycles. The minimum Gasteiger partial charge on any atom is -0.406 e. The molecule has 34 heavy (non-hydrogen) atoms. The second kappa shape index (κ2) is 11.3. The lowest BCUT2D eigenvalue weighted by Gasteiger charge is -2.11. The van der Waals surface area contributed by atoms with Gasteiger partial charge in [-0.05, 0) is 35.4 Å². The van der Waals surface area contributed by atoms with E-state index in [1.54, 1.807) is 0 Å². The van der Waals surface area contributed by atoms with Gasteiger partial charge in [-0.3, -0.25) is 0 Å². The summed E-state index contributed by atoms with van der Waals surface area (Å²) in [4.78, 5) is 13.5. The molecule has 0 saturated heterocycles. The first-order valence-electron chi connectivity index (χ1n) is 10.2. The zero-order valence-electron chi connectivity index (χ0n) is 17.7. The van der Waals surface area contributed by atoms with E-state index >= 15 is 0 Å². The van der Waals surface area contributed by atoms with Crippen LogP contribution in [0.3, 0.4) is 0 Å². The fraction of sp³-hybridized carbons (Fsp3) is 0.125. The third kappa shape index (κ3) is 7.67. The largest absolute Gasteiger partial charge is 0.573 e. The van der Waals surface area contributed by atoms with Gasteiger partial charge in [0.25, 0.3) is 0 Å². The van der Waals surface area contributed by atoms with Gasteiger partial charge < -0.3 is 10.1 Å². The van der Waals surface area contributed by atoms with Crippen LogP contribution in [0.15, 0.2) is 95.2 Å². The average Bonchev–Trinajstić information content (AvgIpc) is 2.83. The lowest BCUT2D eigenvalue weighted by molar-refractivity contribution is -0.274.